The highest BCUT2D eigenvalue weighted by Crippen LogP contribution is 2.23. The lowest BCUT2D eigenvalue weighted by Crippen LogP contribution is -2.56. The predicted molar refractivity (Wildman–Crippen MR) is 70.6 cm³/mol. The molecule has 0 aromatic carbocycles. The van der Waals surface area contributed by atoms with E-state index < -0.39 is 0 Å². The molecule has 1 fully saturated rings. The van der Waals surface area contributed by atoms with Crippen LogP contribution >= 0.6 is 11.6 Å². The summed E-state index contributed by atoms with van der Waals surface area (Å²) in [5.74, 6) is -0.468. The molecular formula is C12H17ClN4O2. The average Bonchev–Trinajstić information content (AvgIpc) is 2.65. The Morgan fingerprint density at radius 3 is 2.74 bits per heavy atom. The van der Waals surface area contributed by atoms with Gasteiger partial charge in [-0.1, -0.05) is 18.5 Å². The maximum atomic E-state index is 12.0. The van der Waals surface area contributed by atoms with E-state index in [9.17, 15) is 9.59 Å². The monoisotopic (exact) mass is 284 g/mol. The van der Waals surface area contributed by atoms with Crippen molar-refractivity contribution in [1.82, 2.24) is 20.0 Å². The lowest BCUT2D eigenvalue weighted by Gasteiger charge is -2.29. The number of imide groups is 1. The average molecular weight is 285 g/mol. The van der Waals surface area contributed by atoms with Crippen molar-refractivity contribution in [3.05, 3.63) is 16.4 Å². The van der Waals surface area contributed by atoms with Crippen molar-refractivity contribution in [2.75, 3.05) is 6.54 Å². The van der Waals surface area contributed by atoms with E-state index in [0.717, 1.165) is 5.69 Å². The maximum Gasteiger partial charge on any atom is 0.246 e. The van der Waals surface area contributed by atoms with Crippen molar-refractivity contribution in [2.45, 2.75) is 32.9 Å². The van der Waals surface area contributed by atoms with E-state index in [1.54, 1.807) is 18.7 Å². The summed E-state index contributed by atoms with van der Waals surface area (Å²) >= 11 is 6.23. The molecule has 0 saturated carbocycles. The van der Waals surface area contributed by atoms with Crippen LogP contribution in [-0.2, 0) is 29.6 Å². The van der Waals surface area contributed by atoms with Crippen LogP contribution in [0.4, 0.5) is 0 Å². The fraction of sp³-hybridized carbons (Fsp3) is 0.583. The van der Waals surface area contributed by atoms with Crippen LogP contribution in [0, 0.1) is 0 Å². The zero-order chi connectivity index (χ0) is 14.2. The smallest absolute Gasteiger partial charge is 0.246 e. The Balaban J connectivity index is 2.27. The van der Waals surface area contributed by atoms with Crippen LogP contribution in [0.3, 0.4) is 0 Å². The fourth-order valence-corrected chi connectivity index (χ4v) is 2.44. The van der Waals surface area contributed by atoms with Gasteiger partial charge in [-0.25, -0.2) is 0 Å². The highest BCUT2D eigenvalue weighted by atomic mass is 35.5. The molecule has 0 aliphatic carbocycles. The van der Waals surface area contributed by atoms with Gasteiger partial charge in [-0.2, -0.15) is 5.10 Å². The van der Waals surface area contributed by atoms with Crippen LogP contribution in [0.2, 0.25) is 5.02 Å². The zero-order valence-electron chi connectivity index (χ0n) is 11.2. The predicted octanol–water partition coefficient (Wildman–Crippen LogP) is 0.483. The molecular weight excluding hydrogens is 268 g/mol. The van der Waals surface area contributed by atoms with Crippen LogP contribution < -0.4 is 5.32 Å². The third-order valence-corrected chi connectivity index (χ3v) is 3.74. The third-order valence-electron chi connectivity index (χ3n) is 3.31. The number of aromatic nitrogens is 2. The first-order chi connectivity index (χ1) is 8.95. The number of aryl methyl sites for hydroxylation is 2. The summed E-state index contributed by atoms with van der Waals surface area (Å²) in [6, 6.07) is -0.352. The Morgan fingerprint density at radius 1 is 1.47 bits per heavy atom. The van der Waals surface area contributed by atoms with Gasteiger partial charge in [0.25, 0.3) is 0 Å². The van der Waals surface area contributed by atoms with E-state index in [4.69, 9.17) is 11.6 Å². The highest BCUT2D eigenvalue weighted by Gasteiger charge is 2.32. The minimum absolute atomic E-state index is 0.170. The normalized spacial score (nSPS) is 20.2. The number of nitrogens with zero attached hydrogens (tertiary/aromatic N) is 3. The molecule has 1 saturated heterocycles. The summed E-state index contributed by atoms with van der Waals surface area (Å²) in [4.78, 5) is 25.1. The second-order valence-corrected chi connectivity index (χ2v) is 4.98. The first-order valence-corrected chi connectivity index (χ1v) is 6.61. The van der Waals surface area contributed by atoms with E-state index in [1.165, 1.54) is 4.90 Å². The lowest BCUT2D eigenvalue weighted by atomic mass is 10.2. The molecule has 7 heteroatoms. The Morgan fingerprint density at radius 2 is 2.16 bits per heavy atom. The van der Waals surface area contributed by atoms with Crippen molar-refractivity contribution >= 4 is 23.4 Å². The van der Waals surface area contributed by atoms with Crippen LogP contribution in [-0.4, -0.2) is 39.1 Å². The Kier molecular flexibility index (Phi) is 3.91. The van der Waals surface area contributed by atoms with E-state index in [-0.39, 0.29) is 30.9 Å². The molecule has 1 atom stereocenters. The molecule has 19 heavy (non-hydrogen) atoms. The standard InChI is InChI=1S/C12H17ClN4O2/c1-4-8-11(13)9(16(3)15-8)6-17-10(18)5-14-7(2)12(17)19/h7,14H,4-6H2,1-3H3. The highest BCUT2D eigenvalue weighted by molar-refractivity contribution is 6.32. The number of carbonyl (C=O) groups excluding carboxylic acids is 2. The van der Waals surface area contributed by atoms with E-state index in [0.29, 0.717) is 17.1 Å². The number of carbonyl (C=O) groups is 2. The number of nitrogens with one attached hydrogen (secondary N) is 1. The van der Waals surface area contributed by atoms with Gasteiger partial charge >= 0.3 is 0 Å². The molecule has 2 heterocycles. The van der Waals surface area contributed by atoms with E-state index in [1.807, 2.05) is 6.92 Å². The Hall–Kier alpha value is -1.40. The zero-order valence-corrected chi connectivity index (χ0v) is 12.0. The summed E-state index contributed by atoms with van der Waals surface area (Å²) in [6.45, 7) is 4.04. The topological polar surface area (TPSA) is 67.2 Å². The van der Waals surface area contributed by atoms with Gasteiger partial charge in [-0.15, -0.1) is 0 Å². The molecule has 2 rings (SSSR count). The van der Waals surface area contributed by atoms with Crippen LogP contribution in [0.5, 0.6) is 0 Å². The molecule has 1 N–H and O–H groups in total. The molecule has 0 spiro atoms. The molecule has 0 radical (unpaired) electrons. The van der Waals surface area contributed by atoms with Crippen LogP contribution in [0.15, 0.2) is 0 Å². The Bertz CT molecular complexity index is 526. The van der Waals surface area contributed by atoms with Gasteiger partial charge in [0.05, 0.1) is 35.5 Å². The SMILES string of the molecule is CCc1nn(C)c(CN2C(=O)CNC(C)C2=O)c1Cl. The van der Waals surface area contributed by atoms with Gasteiger partial charge in [0.1, 0.15) is 0 Å². The quantitative estimate of drug-likeness (QED) is 0.820. The molecule has 1 aliphatic heterocycles. The minimum atomic E-state index is -0.352. The first kappa shape index (κ1) is 14.0. The summed E-state index contributed by atoms with van der Waals surface area (Å²) in [6.07, 6.45) is 0.715. The molecule has 0 bridgehead atoms. The summed E-state index contributed by atoms with van der Waals surface area (Å²) in [5, 5.41) is 7.67. The minimum Gasteiger partial charge on any atom is -0.298 e. The maximum absolute atomic E-state index is 12.0. The number of hydrogen-bond acceptors (Lipinski definition) is 4. The van der Waals surface area contributed by atoms with E-state index >= 15 is 0 Å². The number of rotatable bonds is 3. The fourth-order valence-electron chi connectivity index (χ4n) is 2.09. The third kappa shape index (κ3) is 2.50. The van der Waals surface area contributed by atoms with Gasteiger partial charge in [0, 0.05) is 7.05 Å². The van der Waals surface area contributed by atoms with Crippen molar-refractivity contribution in [1.29, 1.82) is 0 Å². The summed E-state index contributed by atoms with van der Waals surface area (Å²) < 4.78 is 1.63. The lowest BCUT2D eigenvalue weighted by molar-refractivity contribution is -0.149. The van der Waals surface area contributed by atoms with E-state index in [2.05, 4.69) is 10.4 Å². The largest absolute Gasteiger partial charge is 0.298 e. The van der Waals surface area contributed by atoms with Crippen LogP contribution in [0.1, 0.15) is 25.2 Å². The molecule has 6 nitrogen and oxygen atoms in total. The van der Waals surface area contributed by atoms with Gasteiger partial charge in [0.15, 0.2) is 0 Å². The number of hydrogen-bond donors (Lipinski definition) is 1. The van der Waals surface area contributed by atoms with Crippen molar-refractivity contribution in [3.63, 3.8) is 0 Å². The summed E-state index contributed by atoms with van der Waals surface area (Å²) in [5.41, 5.74) is 1.47. The molecule has 1 aromatic heterocycles. The molecule has 104 valence electrons. The van der Waals surface area contributed by atoms with Crippen molar-refractivity contribution < 1.29 is 9.59 Å². The second-order valence-electron chi connectivity index (χ2n) is 4.61. The second kappa shape index (κ2) is 5.30. The Labute approximate surface area is 116 Å². The molecule has 1 aromatic rings. The van der Waals surface area contributed by atoms with Gasteiger partial charge in [-0.3, -0.25) is 24.5 Å². The summed E-state index contributed by atoms with van der Waals surface area (Å²) in [7, 11) is 1.76. The van der Waals surface area contributed by atoms with Gasteiger partial charge in [-0.05, 0) is 13.3 Å². The number of piperazine rings is 1. The molecule has 2 amide bonds. The van der Waals surface area contributed by atoms with Gasteiger partial charge in [0.2, 0.25) is 11.8 Å². The molecule has 1 aliphatic rings. The first-order valence-electron chi connectivity index (χ1n) is 6.23. The van der Waals surface area contributed by atoms with Crippen LogP contribution in [0.25, 0.3) is 0 Å². The van der Waals surface area contributed by atoms with Crippen molar-refractivity contribution in [2.24, 2.45) is 7.05 Å². The van der Waals surface area contributed by atoms with Gasteiger partial charge < -0.3 is 0 Å². The van der Waals surface area contributed by atoms with Crippen molar-refractivity contribution in [3.8, 4) is 0 Å². The number of amides is 2. The molecule has 1 unspecified atom stereocenters. The number of halogens is 1.